The number of ether oxygens (including phenoxy) is 1. The molecule has 0 bridgehead atoms. The van der Waals surface area contributed by atoms with Crippen LogP contribution < -0.4 is 0 Å². The highest BCUT2D eigenvalue weighted by atomic mass is 16.5. The van der Waals surface area contributed by atoms with Crippen molar-refractivity contribution in [2.24, 2.45) is 11.8 Å². The third-order valence-corrected chi connectivity index (χ3v) is 5.39. The van der Waals surface area contributed by atoms with Gasteiger partial charge in [-0.25, -0.2) is 0 Å². The summed E-state index contributed by atoms with van der Waals surface area (Å²) >= 11 is 0. The second-order valence-corrected chi connectivity index (χ2v) is 7.16. The van der Waals surface area contributed by atoms with E-state index in [1.807, 2.05) is 20.5 Å². The van der Waals surface area contributed by atoms with E-state index in [9.17, 15) is 9.59 Å². The lowest BCUT2D eigenvalue weighted by Crippen LogP contribution is -2.46. The van der Waals surface area contributed by atoms with Crippen molar-refractivity contribution >= 4 is 11.8 Å². The molecule has 3 aliphatic rings. The van der Waals surface area contributed by atoms with Crippen molar-refractivity contribution in [3.8, 4) is 0 Å². The van der Waals surface area contributed by atoms with Crippen LogP contribution in [0.1, 0.15) is 31.5 Å². The van der Waals surface area contributed by atoms with Gasteiger partial charge in [0.05, 0.1) is 37.9 Å². The van der Waals surface area contributed by atoms with E-state index in [1.54, 1.807) is 6.20 Å². The van der Waals surface area contributed by atoms with Crippen molar-refractivity contribution in [3.05, 3.63) is 18.0 Å². The van der Waals surface area contributed by atoms with Crippen molar-refractivity contribution in [2.45, 2.75) is 32.4 Å². The van der Waals surface area contributed by atoms with Gasteiger partial charge in [-0.15, -0.1) is 0 Å². The van der Waals surface area contributed by atoms with Crippen LogP contribution in [0.4, 0.5) is 0 Å². The first-order valence-electron chi connectivity index (χ1n) is 8.80. The summed E-state index contributed by atoms with van der Waals surface area (Å²) in [6.45, 7) is 5.81. The van der Waals surface area contributed by atoms with Gasteiger partial charge < -0.3 is 14.5 Å². The molecule has 3 heterocycles. The zero-order chi connectivity index (χ0) is 16.7. The minimum Gasteiger partial charge on any atom is -0.378 e. The van der Waals surface area contributed by atoms with Crippen molar-refractivity contribution in [2.75, 3.05) is 32.8 Å². The van der Waals surface area contributed by atoms with Crippen molar-refractivity contribution in [3.63, 3.8) is 0 Å². The summed E-state index contributed by atoms with van der Waals surface area (Å²) in [5, 5.41) is 4.39. The van der Waals surface area contributed by atoms with Crippen LogP contribution in [-0.4, -0.2) is 64.2 Å². The molecule has 2 amide bonds. The molecule has 1 saturated carbocycles. The molecule has 7 nitrogen and oxygen atoms in total. The molecule has 1 aromatic heterocycles. The summed E-state index contributed by atoms with van der Waals surface area (Å²) in [7, 11) is 0. The Morgan fingerprint density at radius 1 is 1.29 bits per heavy atom. The summed E-state index contributed by atoms with van der Waals surface area (Å²) in [5.74, 6) is 1.03. The fraction of sp³-hybridized carbons (Fsp3) is 0.706. The second kappa shape index (κ2) is 6.20. The van der Waals surface area contributed by atoms with Gasteiger partial charge in [0, 0.05) is 31.7 Å². The molecule has 1 aliphatic carbocycles. The quantitative estimate of drug-likeness (QED) is 0.816. The molecule has 1 aromatic rings. The molecular formula is C17H24N4O3. The van der Waals surface area contributed by atoms with Gasteiger partial charge in [0.15, 0.2) is 0 Å². The Labute approximate surface area is 141 Å². The van der Waals surface area contributed by atoms with E-state index < -0.39 is 0 Å². The highest BCUT2D eigenvalue weighted by molar-refractivity contribution is 5.82. The second-order valence-electron chi connectivity index (χ2n) is 7.16. The van der Waals surface area contributed by atoms with Crippen molar-refractivity contribution in [1.29, 1.82) is 0 Å². The predicted octanol–water partition coefficient (Wildman–Crippen LogP) is 0.671. The van der Waals surface area contributed by atoms with Gasteiger partial charge in [0.2, 0.25) is 11.8 Å². The van der Waals surface area contributed by atoms with Crippen LogP contribution in [-0.2, 0) is 20.9 Å². The molecule has 0 aromatic carbocycles. The standard InChI is InChI=1S/C17H24N4O3/c1-12-8-15(12)17(23)20-10-13-2-3-18-21(13)14(11-20)9-16(22)19-4-6-24-7-5-19/h2-3,12,14-15H,4-11H2,1H3/t12-,14+,15-/m1/s1. The number of morpholine rings is 1. The van der Waals surface area contributed by atoms with Crippen LogP contribution in [0.2, 0.25) is 0 Å². The summed E-state index contributed by atoms with van der Waals surface area (Å²) in [6, 6.07) is 1.87. The van der Waals surface area contributed by atoms with E-state index in [0.717, 1.165) is 12.1 Å². The minimum atomic E-state index is -0.0721. The number of aromatic nitrogens is 2. The number of amides is 2. The largest absolute Gasteiger partial charge is 0.378 e. The smallest absolute Gasteiger partial charge is 0.226 e. The van der Waals surface area contributed by atoms with E-state index >= 15 is 0 Å². The van der Waals surface area contributed by atoms with Gasteiger partial charge in [-0.3, -0.25) is 14.3 Å². The van der Waals surface area contributed by atoms with E-state index in [1.165, 1.54) is 0 Å². The van der Waals surface area contributed by atoms with E-state index in [4.69, 9.17) is 4.74 Å². The molecule has 1 saturated heterocycles. The normalized spacial score (nSPS) is 29.3. The number of hydrogen-bond acceptors (Lipinski definition) is 4. The van der Waals surface area contributed by atoms with Gasteiger partial charge in [0.1, 0.15) is 0 Å². The third-order valence-electron chi connectivity index (χ3n) is 5.39. The Balaban J connectivity index is 1.47. The molecule has 0 spiro atoms. The lowest BCUT2D eigenvalue weighted by Gasteiger charge is -2.35. The number of carbonyl (C=O) groups is 2. The van der Waals surface area contributed by atoms with Crippen molar-refractivity contribution in [1.82, 2.24) is 19.6 Å². The molecule has 0 N–H and O–H groups in total. The molecule has 2 fully saturated rings. The molecule has 4 rings (SSSR count). The Hall–Kier alpha value is -1.89. The van der Waals surface area contributed by atoms with Crippen LogP contribution in [0.5, 0.6) is 0 Å². The molecule has 24 heavy (non-hydrogen) atoms. The van der Waals surface area contributed by atoms with Gasteiger partial charge in [-0.1, -0.05) is 6.92 Å². The maximum Gasteiger partial charge on any atom is 0.226 e. The van der Waals surface area contributed by atoms with Crippen LogP contribution >= 0.6 is 0 Å². The Kier molecular flexibility index (Phi) is 4.04. The first kappa shape index (κ1) is 15.6. The van der Waals surface area contributed by atoms with Crippen LogP contribution in [0.25, 0.3) is 0 Å². The maximum atomic E-state index is 12.6. The van der Waals surface area contributed by atoms with Crippen LogP contribution in [0, 0.1) is 11.8 Å². The first-order valence-corrected chi connectivity index (χ1v) is 8.80. The number of carbonyl (C=O) groups excluding carboxylic acids is 2. The zero-order valence-corrected chi connectivity index (χ0v) is 14.1. The topological polar surface area (TPSA) is 67.7 Å². The fourth-order valence-corrected chi connectivity index (χ4v) is 3.75. The van der Waals surface area contributed by atoms with E-state index in [-0.39, 0.29) is 23.8 Å². The summed E-state index contributed by atoms with van der Waals surface area (Å²) in [4.78, 5) is 29.0. The number of nitrogens with zero attached hydrogens (tertiary/aromatic N) is 4. The predicted molar refractivity (Wildman–Crippen MR) is 86.0 cm³/mol. The lowest BCUT2D eigenvalue weighted by molar-refractivity contribution is -0.139. The molecule has 0 unspecified atom stereocenters. The Morgan fingerprint density at radius 3 is 2.75 bits per heavy atom. The maximum absolute atomic E-state index is 12.6. The molecule has 7 heteroatoms. The molecular weight excluding hydrogens is 308 g/mol. The van der Waals surface area contributed by atoms with Gasteiger partial charge in [0.25, 0.3) is 0 Å². The van der Waals surface area contributed by atoms with Crippen LogP contribution in [0.3, 0.4) is 0 Å². The Morgan fingerprint density at radius 2 is 2.04 bits per heavy atom. The number of hydrogen-bond donors (Lipinski definition) is 0. The Bertz CT molecular complexity index is 638. The van der Waals surface area contributed by atoms with Gasteiger partial charge in [-0.2, -0.15) is 5.10 Å². The fourth-order valence-electron chi connectivity index (χ4n) is 3.75. The zero-order valence-electron chi connectivity index (χ0n) is 14.1. The summed E-state index contributed by atoms with van der Waals surface area (Å²) in [5.41, 5.74) is 1.02. The lowest BCUT2D eigenvalue weighted by atomic mass is 10.1. The van der Waals surface area contributed by atoms with E-state index in [0.29, 0.717) is 51.7 Å². The van der Waals surface area contributed by atoms with Crippen LogP contribution in [0.15, 0.2) is 12.3 Å². The highest BCUT2D eigenvalue weighted by Gasteiger charge is 2.43. The van der Waals surface area contributed by atoms with Gasteiger partial charge in [-0.05, 0) is 18.4 Å². The average molecular weight is 332 g/mol. The van der Waals surface area contributed by atoms with Crippen molar-refractivity contribution < 1.29 is 14.3 Å². The first-order chi connectivity index (χ1) is 11.6. The average Bonchev–Trinajstić information content (AvgIpc) is 3.13. The van der Waals surface area contributed by atoms with Gasteiger partial charge >= 0.3 is 0 Å². The molecule has 130 valence electrons. The molecule has 3 atom stereocenters. The third kappa shape index (κ3) is 2.92. The minimum absolute atomic E-state index is 0.0721. The summed E-state index contributed by atoms with van der Waals surface area (Å²) < 4.78 is 7.24. The SMILES string of the molecule is C[C@@H]1C[C@H]1C(=O)N1Cc2ccnn2[C@@H](CC(=O)N2CCOCC2)C1. The summed E-state index contributed by atoms with van der Waals surface area (Å²) in [6.07, 6.45) is 3.14. The number of fused-ring (bicyclic) bond motifs is 1. The number of rotatable bonds is 3. The monoisotopic (exact) mass is 332 g/mol. The van der Waals surface area contributed by atoms with E-state index in [2.05, 4.69) is 12.0 Å². The highest BCUT2D eigenvalue weighted by Crippen LogP contribution is 2.40. The molecule has 2 aliphatic heterocycles. The molecule has 0 radical (unpaired) electrons.